The van der Waals surface area contributed by atoms with Crippen LogP contribution < -0.4 is 9.47 Å². The van der Waals surface area contributed by atoms with Crippen molar-refractivity contribution < 1.29 is 19.4 Å². The molecule has 1 aliphatic heterocycles. The molecule has 9 nitrogen and oxygen atoms in total. The lowest BCUT2D eigenvalue weighted by Gasteiger charge is -2.25. The summed E-state index contributed by atoms with van der Waals surface area (Å²) in [5.74, 6) is 1.68. The second-order valence-corrected chi connectivity index (χ2v) is 8.58. The van der Waals surface area contributed by atoms with Crippen LogP contribution >= 0.6 is 0 Å². The molecule has 1 amide bonds. The first kappa shape index (κ1) is 22.8. The first-order valence-corrected chi connectivity index (χ1v) is 11.6. The van der Waals surface area contributed by atoms with Crippen molar-refractivity contribution in [1.29, 1.82) is 0 Å². The van der Waals surface area contributed by atoms with Crippen LogP contribution in [0.15, 0.2) is 48.9 Å². The number of rotatable bonds is 7. The molecule has 4 aromatic rings. The molecule has 3 aromatic heterocycles. The maximum atomic E-state index is 12.3. The summed E-state index contributed by atoms with van der Waals surface area (Å²) in [6.07, 6.45) is 6.88. The van der Waals surface area contributed by atoms with E-state index in [9.17, 15) is 4.79 Å². The molecular weight excluding hydrogens is 446 g/mol. The number of aliphatic hydroxyl groups is 1. The second-order valence-electron chi connectivity index (χ2n) is 8.58. The summed E-state index contributed by atoms with van der Waals surface area (Å²) in [5.41, 5.74) is 4.34. The number of nitrogens with zero attached hydrogens (tertiary/aromatic N) is 4. The van der Waals surface area contributed by atoms with Crippen LogP contribution in [0.4, 0.5) is 0 Å². The first-order chi connectivity index (χ1) is 17.0. The predicted octanol–water partition coefficient (Wildman–Crippen LogP) is 4.18. The number of carbonyl (C=O) groups excluding carboxylic acids is 1. The lowest BCUT2D eigenvalue weighted by atomic mass is 10.0. The average Bonchev–Trinajstić information content (AvgIpc) is 3.51. The van der Waals surface area contributed by atoms with E-state index in [0.717, 1.165) is 52.9 Å². The van der Waals surface area contributed by atoms with Gasteiger partial charge in [0, 0.05) is 42.2 Å². The van der Waals surface area contributed by atoms with Crippen LogP contribution in [-0.4, -0.2) is 55.6 Å². The lowest BCUT2D eigenvalue weighted by Crippen LogP contribution is -2.28. The highest BCUT2D eigenvalue weighted by Crippen LogP contribution is 2.41. The van der Waals surface area contributed by atoms with Crippen LogP contribution in [0.5, 0.6) is 17.4 Å². The van der Waals surface area contributed by atoms with Gasteiger partial charge in [0.15, 0.2) is 0 Å². The molecule has 5 rings (SSSR count). The van der Waals surface area contributed by atoms with Gasteiger partial charge in [0.1, 0.15) is 23.8 Å². The molecule has 1 aromatic carbocycles. The quantitative estimate of drug-likeness (QED) is 0.414. The maximum absolute atomic E-state index is 12.3. The van der Waals surface area contributed by atoms with Gasteiger partial charge in [-0.2, -0.15) is 0 Å². The van der Waals surface area contributed by atoms with Crippen LogP contribution in [0.1, 0.15) is 37.1 Å². The van der Waals surface area contributed by atoms with Crippen LogP contribution in [-0.2, 0) is 4.79 Å². The Morgan fingerprint density at radius 1 is 1.17 bits per heavy atom. The molecule has 0 saturated carbocycles. The van der Waals surface area contributed by atoms with Crippen molar-refractivity contribution in [3.05, 3.63) is 60.2 Å². The molecule has 4 heterocycles. The highest BCUT2D eigenvalue weighted by Gasteiger charge is 2.31. The highest BCUT2D eigenvalue weighted by atomic mass is 16.5. The summed E-state index contributed by atoms with van der Waals surface area (Å²) >= 11 is 0. The van der Waals surface area contributed by atoms with Gasteiger partial charge >= 0.3 is 0 Å². The number of hydrogen-bond donors (Lipinski definition) is 2. The van der Waals surface area contributed by atoms with E-state index in [1.54, 1.807) is 37.6 Å². The van der Waals surface area contributed by atoms with Gasteiger partial charge in [0.25, 0.3) is 0 Å². The van der Waals surface area contributed by atoms with Gasteiger partial charge in [-0.25, -0.2) is 4.98 Å². The second kappa shape index (κ2) is 9.71. The molecule has 1 saturated heterocycles. The number of ether oxygens (including phenoxy) is 2. The van der Waals surface area contributed by atoms with Crippen molar-refractivity contribution in [3.63, 3.8) is 0 Å². The third-order valence-electron chi connectivity index (χ3n) is 6.10. The largest absolute Gasteiger partial charge is 0.475 e. The predicted molar refractivity (Wildman–Crippen MR) is 130 cm³/mol. The monoisotopic (exact) mass is 473 g/mol. The number of aryl methyl sites for hydroxylation is 1. The standard InChI is InChI=1S/C26H27N5O4/c1-16-13-28-23(15-27-16)22-10-18-11-25(35-19-5-6-26(29-14-19)34-9-8-32)20(12-21(18)30-22)24-4-3-7-31(24)17(2)33/h5-6,10-15,24,30,32H,3-4,7-9H2,1-2H3. The minimum Gasteiger partial charge on any atom is -0.475 e. The number of carbonyl (C=O) groups is 1. The molecule has 180 valence electrons. The van der Waals surface area contributed by atoms with Gasteiger partial charge in [-0.05, 0) is 44.0 Å². The number of aromatic amines is 1. The summed E-state index contributed by atoms with van der Waals surface area (Å²) in [6.45, 7) is 4.34. The van der Waals surface area contributed by atoms with Gasteiger partial charge < -0.3 is 24.5 Å². The third-order valence-corrected chi connectivity index (χ3v) is 6.10. The molecule has 9 heteroatoms. The molecule has 0 radical (unpaired) electrons. The van der Waals surface area contributed by atoms with E-state index in [1.807, 2.05) is 24.0 Å². The minimum absolute atomic E-state index is 0.0488. The summed E-state index contributed by atoms with van der Waals surface area (Å²) < 4.78 is 11.6. The number of nitrogens with one attached hydrogen (secondary N) is 1. The molecule has 0 bridgehead atoms. The highest BCUT2D eigenvalue weighted by molar-refractivity contribution is 5.88. The summed E-state index contributed by atoms with van der Waals surface area (Å²) in [6, 6.07) is 9.47. The van der Waals surface area contributed by atoms with E-state index < -0.39 is 0 Å². The number of likely N-dealkylation sites (tertiary alicyclic amines) is 1. The van der Waals surface area contributed by atoms with Gasteiger partial charge in [0.2, 0.25) is 11.8 Å². The molecule has 1 unspecified atom stereocenters. The van der Waals surface area contributed by atoms with Crippen LogP contribution in [0.25, 0.3) is 22.3 Å². The molecule has 1 aliphatic rings. The summed E-state index contributed by atoms with van der Waals surface area (Å²) in [5, 5.41) is 9.89. The fraction of sp³-hybridized carbons (Fsp3) is 0.308. The van der Waals surface area contributed by atoms with E-state index in [-0.39, 0.29) is 25.2 Å². The van der Waals surface area contributed by atoms with Crippen LogP contribution in [0.3, 0.4) is 0 Å². The van der Waals surface area contributed by atoms with Crippen molar-refractivity contribution in [2.45, 2.75) is 32.7 Å². The van der Waals surface area contributed by atoms with E-state index in [1.165, 1.54) is 0 Å². The zero-order valence-electron chi connectivity index (χ0n) is 19.7. The Balaban J connectivity index is 1.54. The van der Waals surface area contributed by atoms with Crippen LogP contribution in [0, 0.1) is 6.92 Å². The number of amides is 1. The molecule has 0 aliphatic carbocycles. The Hall–Kier alpha value is -3.98. The number of benzene rings is 1. The zero-order valence-corrected chi connectivity index (χ0v) is 19.7. The van der Waals surface area contributed by atoms with Crippen molar-refractivity contribution in [1.82, 2.24) is 24.8 Å². The van der Waals surface area contributed by atoms with Crippen molar-refractivity contribution >= 4 is 16.8 Å². The van der Waals surface area contributed by atoms with Crippen molar-refractivity contribution in [2.75, 3.05) is 19.8 Å². The molecule has 0 spiro atoms. The number of pyridine rings is 1. The van der Waals surface area contributed by atoms with Crippen molar-refractivity contribution in [2.24, 2.45) is 0 Å². The topological polar surface area (TPSA) is 113 Å². The smallest absolute Gasteiger partial charge is 0.219 e. The number of aromatic nitrogens is 4. The first-order valence-electron chi connectivity index (χ1n) is 11.6. The maximum Gasteiger partial charge on any atom is 0.219 e. The van der Waals surface area contributed by atoms with E-state index in [4.69, 9.17) is 14.6 Å². The average molecular weight is 474 g/mol. The zero-order chi connectivity index (χ0) is 24.4. The number of aliphatic hydroxyl groups excluding tert-OH is 1. The number of H-pyrrole nitrogens is 1. The fourth-order valence-electron chi connectivity index (χ4n) is 4.45. The van der Waals surface area contributed by atoms with Gasteiger partial charge in [0.05, 0.1) is 36.4 Å². The minimum atomic E-state index is -0.0792. The molecule has 35 heavy (non-hydrogen) atoms. The summed E-state index contributed by atoms with van der Waals surface area (Å²) in [7, 11) is 0. The molecule has 1 fully saturated rings. The Bertz CT molecular complexity index is 1330. The van der Waals surface area contributed by atoms with Crippen LogP contribution in [0.2, 0.25) is 0 Å². The van der Waals surface area contributed by atoms with E-state index in [0.29, 0.717) is 17.4 Å². The Morgan fingerprint density at radius 2 is 2.06 bits per heavy atom. The molecule has 1 atom stereocenters. The Labute approximate surface area is 202 Å². The van der Waals surface area contributed by atoms with E-state index in [2.05, 4.69) is 26.0 Å². The number of hydrogen-bond acceptors (Lipinski definition) is 7. The van der Waals surface area contributed by atoms with Gasteiger partial charge in [-0.15, -0.1) is 0 Å². The fourth-order valence-corrected chi connectivity index (χ4v) is 4.45. The van der Waals surface area contributed by atoms with Gasteiger partial charge in [-0.1, -0.05) is 0 Å². The van der Waals surface area contributed by atoms with Crippen molar-refractivity contribution in [3.8, 4) is 28.8 Å². The SMILES string of the molecule is CC(=O)N1CCCC1c1cc2[nH]c(-c3cnc(C)cn3)cc2cc1Oc1ccc(OCCO)nc1. The number of fused-ring (bicyclic) bond motifs is 1. The third kappa shape index (κ3) is 4.81. The van der Waals surface area contributed by atoms with Gasteiger partial charge in [-0.3, -0.25) is 14.8 Å². The molecule has 2 N–H and O–H groups in total. The lowest BCUT2D eigenvalue weighted by molar-refractivity contribution is -0.129. The normalized spacial score (nSPS) is 15.5. The Kier molecular flexibility index (Phi) is 6.33. The van der Waals surface area contributed by atoms with E-state index >= 15 is 0 Å². The summed E-state index contributed by atoms with van der Waals surface area (Å²) in [4.78, 5) is 30.8. The molecular formula is C26H27N5O4. The Morgan fingerprint density at radius 3 is 2.77 bits per heavy atom.